The SMILES string of the molecule is COc1cc(CCC(=O)Nc2ccccc2Cl)cc(OC)c1. The number of rotatable bonds is 6. The average molecular weight is 320 g/mol. The maximum atomic E-state index is 12.0. The fourth-order valence-electron chi connectivity index (χ4n) is 2.04. The number of nitrogens with one attached hydrogen (secondary N) is 1. The summed E-state index contributed by atoms with van der Waals surface area (Å²) >= 11 is 6.02. The zero-order chi connectivity index (χ0) is 15.9. The molecule has 1 N–H and O–H groups in total. The monoisotopic (exact) mass is 319 g/mol. The third kappa shape index (κ3) is 4.40. The van der Waals surface area contributed by atoms with Crippen molar-refractivity contribution >= 4 is 23.2 Å². The minimum atomic E-state index is -0.0881. The Kier molecular flexibility index (Phi) is 5.67. The molecule has 0 saturated carbocycles. The zero-order valence-corrected chi connectivity index (χ0v) is 13.3. The number of anilines is 1. The third-order valence-corrected chi connectivity index (χ3v) is 3.53. The van der Waals surface area contributed by atoms with Gasteiger partial charge in [0.25, 0.3) is 0 Å². The Morgan fingerprint density at radius 2 is 1.73 bits per heavy atom. The minimum Gasteiger partial charge on any atom is -0.497 e. The first kappa shape index (κ1) is 16.2. The number of para-hydroxylation sites is 1. The highest BCUT2D eigenvalue weighted by atomic mass is 35.5. The highest BCUT2D eigenvalue weighted by Gasteiger charge is 2.07. The first-order chi connectivity index (χ1) is 10.6. The fraction of sp³-hybridized carbons (Fsp3) is 0.235. The topological polar surface area (TPSA) is 47.6 Å². The highest BCUT2D eigenvalue weighted by molar-refractivity contribution is 6.33. The van der Waals surface area contributed by atoms with Gasteiger partial charge in [0.15, 0.2) is 0 Å². The molecule has 2 aromatic rings. The van der Waals surface area contributed by atoms with Gasteiger partial charge in [0, 0.05) is 12.5 Å². The predicted octanol–water partition coefficient (Wildman–Crippen LogP) is 3.93. The van der Waals surface area contributed by atoms with E-state index in [4.69, 9.17) is 21.1 Å². The van der Waals surface area contributed by atoms with Gasteiger partial charge in [0.1, 0.15) is 11.5 Å². The lowest BCUT2D eigenvalue weighted by Crippen LogP contribution is -2.12. The van der Waals surface area contributed by atoms with Crippen molar-refractivity contribution in [1.29, 1.82) is 0 Å². The molecule has 2 rings (SSSR count). The molecule has 0 heterocycles. The van der Waals surface area contributed by atoms with Gasteiger partial charge in [-0.2, -0.15) is 0 Å². The lowest BCUT2D eigenvalue weighted by Gasteiger charge is -2.09. The number of aryl methyl sites for hydroxylation is 1. The second-order valence-electron chi connectivity index (χ2n) is 4.75. The molecule has 116 valence electrons. The van der Waals surface area contributed by atoms with Crippen LogP contribution in [0.15, 0.2) is 42.5 Å². The van der Waals surface area contributed by atoms with Crippen molar-refractivity contribution in [3.63, 3.8) is 0 Å². The van der Waals surface area contributed by atoms with E-state index in [1.54, 1.807) is 32.4 Å². The summed E-state index contributed by atoms with van der Waals surface area (Å²) in [7, 11) is 3.20. The molecule has 2 aromatic carbocycles. The van der Waals surface area contributed by atoms with Gasteiger partial charge in [0.2, 0.25) is 5.91 Å². The van der Waals surface area contributed by atoms with Gasteiger partial charge in [-0.3, -0.25) is 4.79 Å². The molecule has 1 amide bonds. The maximum Gasteiger partial charge on any atom is 0.224 e. The number of ether oxygens (including phenoxy) is 2. The number of hydrogen-bond donors (Lipinski definition) is 1. The Balaban J connectivity index is 1.98. The van der Waals surface area contributed by atoms with E-state index < -0.39 is 0 Å². The third-order valence-electron chi connectivity index (χ3n) is 3.20. The Morgan fingerprint density at radius 3 is 2.32 bits per heavy atom. The van der Waals surface area contributed by atoms with Gasteiger partial charge in [-0.15, -0.1) is 0 Å². The Bertz CT molecular complexity index is 636. The minimum absolute atomic E-state index is 0.0881. The van der Waals surface area contributed by atoms with Crippen molar-refractivity contribution in [3.8, 4) is 11.5 Å². The number of benzene rings is 2. The van der Waals surface area contributed by atoms with E-state index in [0.29, 0.717) is 35.1 Å². The van der Waals surface area contributed by atoms with E-state index >= 15 is 0 Å². The van der Waals surface area contributed by atoms with Crippen LogP contribution in [0.3, 0.4) is 0 Å². The molecule has 22 heavy (non-hydrogen) atoms. The predicted molar refractivity (Wildman–Crippen MR) is 87.9 cm³/mol. The Morgan fingerprint density at radius 1 is 1.09 bits per heavy atom. The molecule has 0 radical (unpaired) electrons. The zero-order valence-electron chi connectivity index (χ0n) is 12.6. The first-order valence-corrected chi connectivity index (χ1v) is 7.26. The summed E-state index contributed by atoms with van der Waals surface area (Å²) in [6.07, 6.45) is 0.936. The van der Waals surface area contributed by atoms with Crippen molar-refractivity contribution in [2.75, 3.05) is 19.5 Å². The van der Waals surface area contributed by atoms with Gasteiger partial charge in [0.05, 0.1) is 24.9 Å². The summed E-state index contributed by atoms with van der Waals surface area (Å²) in [5.41, 5.74) is 1.60. The summed E-state index contributed by atoms with van der Waals surface area (Å²) in [6, 6.07) is 12.7. The van der Waals surface area contributed by atoms with Gasteiger partial charge in [-0.25, -0.2) is 0 Å². The average Bonchev–Trinajstić information content (AvgIpc) is 2.54. The molecular weight excluding hydrogens is 302 g/mol. The smallest absolute Gasteiger partial charge is 0.224 e. The van der Waals surface area contributed by atoms with E-state index in [2.05, 4.69) is 5.32 Å². The van der Waals surface area contributed by atoms with Crippen molar-refractivity contribution in [3.05, 3.63) is 53.1 Å². The summed E-state index contributed by atoms with van der Waals surface area (Å²) < 4.78 is 10.4. The number of halogens is 1. The van der Waals surface area contributed by atoms with E-state index in [1.807, 2.05) is 24.3 Å². The van der Waals surface area contributed by atoms with Crippen LogP contribution in [0.5, 0.6) is 11.5 Å². The van der Waals surface area contributed by atoms with E-state index in [1.165, 1.54) is 0 Å². The van der Waals surface area contributed by atoms with Gasteiger partial charge < -0.3 is 14.8 Å². The molecule has 0 spiro atoms. The van der Waals surface area contributed by atoms with E-state index in [0.717, 1.165) is 5.56 Å². The number of amides is 1. The second kappa shape index (κ2) is 7.71. The lowest BCUT2D eigenvalue weighted by molar-refractivity contribution is -0.116. The normalized spacial score (nSPS) is 10.1. The standard InChI is InChI=1S/C17H18ClNO3/c1-21-13-9-12(10-14(11-13)22-2)7-8-17(20)19-16-6-4-3-5-15(16)18/h3-6,9-11H,7-8H2,1-2H3,(H,19,20). The van der Waals surface area contributed by atoms with Crippen LogP contribution in [0.1, 0.15) is 12.0 Å². The van der Waals surface area contributed by atoms with Crippen LogP contribution in [0.4, 0.5) is 5.69 Å². The molecule has 4 nitrogen and oxygen atoms in total. The van der Waals surface area contributed by atoms with Crippen LogP contribution < -0.4 is 14.8 Å². The first-order valence-electron chi connectivity index (χ1n) is 6.88. The number of carbonyl (C=O) groups is 1. The van der Waals surface area contributed by atoms with Crippen LogP contribution >= 0.6 is 11.6 Å². The largest absolute Gasteiger partial charge is 0.497 e. The van der Waals surface area contributed by atoms with Crippen LogP contribution in [0.2, 0.25) is 5.02 Å². The summed E-state index contributed by atoms with van der Waals surface area (Å²) in [6.45, 7) is 0. The number of methoxy groups -OCH3 is 2. The van der Waals surface area contributed by atoms with Crippen molar-refractivity contribution < 1.29 is 14.3 Å². The van der Waals surface area contributed by atoms with E-state index in [-0.39, 0.29) is 5.91 Å². The van der Waals surface area contributed by atoms with Crippen molar-refractivity contribution in [2.24, 2.45) is 0 Å². The van der Waals surface area contributed by atoms with E-state index in [9.17, 15) is 4.79 Å². The molecule has 0 unspecified atom stereocenters. The van der Waals surface area contributed by atoms with Crippen molar-refractivity contribution in [1.82, 2.24) is 0 Å². The van der Waals surface area contributed by atoms with Gasteiger partial charge in [-0.1, -0.05) is 23.7 Å². The lowest BCUT2D eigenvalue weighted by atomic mass is 10.1. The molecule has 0 atom stereocenters. The fourth-order valence-corrected chi connectivity index (χ4v) is 2.23. The molecular formula is C17H18ClNO3. The highest BCUT2D eigenvalue weighted by Crippen LogP contribution is 2.24. The molecule has 0 aliphatic rings. The molecule has 0 saturated heterocycles. The number of carbonyl (C=O) groups excluding carboxylic acids is 1. The number of hydrogen-bond acceptors (Lipinski definition) is 3. The molecule has 0 aliphatic carbocycles. The van der Waals surface area contributed by atoms with Gasteiger partial charge >= 0.3 is 0 Å². The maximum absolute atomic E-state index is 12.0. The van der Waals surface area contributed by atoms with Crippen LogP contribution in [0.25, 0.3) is 0 Å². The molecule has 0 aliphatic heterocycles. The molecule has 5 heteroatoms. The quantitative estimate of drug-likeness (QED) is 0.877. The molecule has 0 bridgehead atoms. The van der Waals surface area contributed by atoms with Crippen LogP contribution in [-0.4, -0.2) is 20.1 Å². The summed E-state index contributed by atoms with van der Waals surface area (Å²) in [5, 5.41) is 3.33. The van der Waals surface area contributed by atoms with Crippen molar-refractivity contribution in [2.45, 2.75) is 12.8 Å². The Labute approximate surface area is 135 Å². The van der Waals surface area contributed by atoms with Crippen LogP contribution in [0, 0.1) is 0 Å². The summed E-state index contributed by atoms with van der Waals surface area (Å²) in [5.74, 6) is 1.33. The van der Waals surface area contributed by atoms with Gasteiger partial charge in [-0.05, 0) is 36.2 Å². The van der Waals surface area contributed by atoms with Crippen LogP contribution in [-0.2, 0) is 11.2 Å². The second-order valence-corrected chi connectivity index (χ2v) is 5.16. The summed E-state index contributed by atoms with van der Waals surface area (Å²) in [4.78, 5) is 12.0. The molecule has 0 aromatic heterocycles. The molecule has 0 fully saturated rings. The Hall–Kier alpha value is -2.20.